The molecule has 1 fully saturated rings. The van der Waals surface area contributed by atoms with Crippen molar-refractivity contribution in [1.29, 1.82) is 0 Å². The average molecular weight is 293 g/mol. The van der Waals surface area contributed by atoms with Crippen molar-refractivity contribution in [3.05, 3.63) is 11.8 Å². The van der Waals surface area contributed by atoms with E-state index in [2.05, 4.69) is 24.3 Å². The van der Waals surface area contributed by atoms with Crippen molar-refractivity contribution in [2.45, 2.75) is 40.0 Å². The third-order valence-electron chi connectivity index (χ3n) is 3.62. The van der Waals surface area contributed by atoms with Gasteiger partial charge in [0.25, 0.3) is 0 Å². The second kappa shape index (κ2) is 6.74. The number of rotatable bonds is 7. The molecule has 116 valence electrons. The lowest BCUT2D eigenvalue weighted by atomic mass is 10.2. The molecular weight excluding hydrogens is 270 g/mol. The molecule has 1 aliphatic rings. The van der Waals surface area contributed by atoms with Gasteiger partial charge in [-0.3, -0.25) is 9.59 Å². The molecule has 1 aromatic heterocycles. The number of aromatic nitrogens is 1. The van der Waals surface area contributed by atoms with E-state index >= 15 is 0 Å². The quantitative estimate of drug-likeness (QED) is 0.836. The van der Waals surface area contributed by atoms with Crippen LogP contribution in [-0.2, 0) is 9.59 Å². The Labute approximate surface area is 124 Å². The van der Waals surface area contributed by atoms with E-state index < -0.39 is 0 Å². The van der Waals surface area contributed by atoms with Gasteiger partial charge in [-0.25, -0.2) is 0 Å². The maximum Gasteiger partial charge on any atom is 0.229 e. The van der Waals surface area contributed by atoms with E-state index in [1.165, 1.54) is 0 Å². The second-order valence-corrected chi connectivity index (χ2v) is 5.59. The zero-order chi connectivity index (χ0) is 15.4. The molecule has 0 radical (unpaired) electrons. The van der Waals surface area contributed by atoms with Gasteiger partial charge >= 0.3 is 0 Å². The molecule has 21 heavy (non-hydrogen) atoms. The SMILES string of the molecule is CCCN(CCC)C(=O)C1CC1C(=O)Nc1cc(C)on1. The number of amides is 2. The Balaban J connectivity index is 1.87. The predicted molar refractivity (Wildman–Crippen MR) is 78.6 cm³/mol. The van der Waals surface area contributed by atoms with E-state index in [0.717, 1.165) is 25.9 Å². The standard InChI is InChI=1S/C15H23N3O3/c1-4-6-18(7-5-2)15(20)12-9-11(12)14(19)16-13-8-10(3)21-17-13/h8,11-12H,4-7,9H2,1-3H3,(H,16,17,19). The van der Waals surface area contributed by atoms with Crippen LogP contribution in [0.2, 0.25) is 0 Å². The third-order valence-corrected chi connectivity index (χ3v) is 3.62. The van der Waals surface area contributed by atoms with Crippen LogP contribution in [0, 0.1) is 18.8 Å². The first-order valence-electron chi connectivity index (χ1n) is 7.59. The molecule has 0 bridgehead atoms. The highest BCUT2D eigenvalue weighted by atomic mass is 16.5. The summed E-state index contributed by atoms with van der Waals surface area (Å²) < 4.78 is 4.90. The summed E-state index contributed by atoms with van der Waals surface area (Å²) >= 11 is 0. The van der Waals surface area contributed by atoms with Crippen LogP contribution in [-0.4, -0.2) is 35.0 Å². The largest absolute Gasteiger partial charge is 0.360 e. The smallest absolute Gasteiger partial charge is 0.229 e. The van der Waals surface area contributed by atoms with Crippen LogP contribution < -0.4 is 5.32 Å². The van der Waals surface area contributed by atoms with Crippen LogP contribution in [0.5, 0.6) is 0 Å². The van der Waals surface area contributed by atoms with E-state index in [9.17, 15) is 9.59 Å². The number of nitrogens with zero attached hydrogens (tertiary/aromatic N) is 2. The maximum absolute atomic E-state index is 12.4. The molecule has 2 atom stereocenters. The Hall–Kier alpha value is -1.85. The van der Waals surface area contributed by atoms with Crippen LogP contribution in [0.3, 0.4) is 0 Å². The summed E-state index contributed by atoms with van der Waals surface area (Å²) in [6.07, 6.45) is 2.51. The second-order valence-electron chi connectivity index (χ2n) is 5.59. The minimum absolute atomic E-state index is 0.107. The number of hydrogen-bond acceptors (Lipinski definition) is 4. The first kappa shape index (κ1) is 15.5. The molecule has 1 aliphatic carbocycles. The third kappa shape index (κ3) is 3.83. The molecule has 2 amide bonds. The molecule has 1 N–H and O–H groups in total. The molecule has 6 heteroatoms. The van der Waals surface area contributed by atoms with Gasteiger partial charge in [-0.05, 0) is 26.2 Å². The molecule has 6 nitrogen and oxygen atoms in total. The van der Waals surface area contributed by atoms with Crippen LogP contribution in [0.25, 0.3) is 0 Å². The lowest BCUT2D eigenvalue weighted by Crippen LogP contribution is -2.34. The number of carbonyl (C=O) groups is 2. The van der Waals surface area contributed by atoms with Crippen molar-refractivity contribution in [2.75, 3.05) is 18.4 Å². The summed E-state index contributed by atoms with van der Waals surface area (Å²) in [4.78, 5) is 26.3. The number of anilines is 1. The molecule has 1 heterocycles. The van der Waals surface area contributed by atoms with Crippen molar-refractivity contribution in [3.63, 3.8) is 0 Å². The van der Waals surface area contributed by atoms with Crippen molar-refractivity contribution in [1.82, 2.24) is 10.1 Å². The van der Waals surface area contributed by atoms with Crippen molar-refractivity contribution >= 4 is 17.6 Å². The van der Waals surface area contributed by atoms with Gasteiger partial charge in [-0.2, -0.15) is 0 Å². The van der Waals surface area contributed by atoms with Crippen LogP contribution in [0.15, 0.2) is 10.6 Å². The van der Waals surface area contributed by atoms with Gasteiger partial charge in [0.2, 0.25) is 11.8 Å². The lowest BCUT2D eigenvalue weighted by molar-refractivity contribution is -0.134. The van der Waals surface area contributed by atoms with E-state index in [1.54, 1.807) is 13.0 Å². The minimum Gasteiger partial charge on any atom is -0.360 e. The highest BCUT2D eigenvalue weighted by Crippen LogP contribution is 2.40. The molecular formula is C15H23N3O3. The van der Waals surface area contributed by atoms with Crippen molar-refractivity contribution < 1.29 is 14.1 Å². The Morgan fingerprint density at radius 2 is 2.00 bits per heavy atom. The summed E-state index contributed by atoms with van der Waals surface area (Å²) in [5.41, 5.74) is 0. The first-order valence-corrected chi connectivity index (χ1v) is 7.59. The summed E-state index contributed by atoms with van der Waals surface area (Å²) in [7, 11) is 0. The predicted octanol–water partition coefficient (Wildman–Crippen LogP) is 2.21. The molecule has 0 aromatic carbocycles. The van der Waals surface area contributed by atoms with Gasteiger partial charge in [-0.15, -0.1) is 0 Å². The minimum atomic E-state index is -0.231. The molecule has 1 saturated carbocycles. The van der Waals surface area contributed by atoms with Gasteiger partial charge in [0.15, 0.2) is 5.82 Å². The highest BCUT2D eigenvalue weighted by Gasteiger charge is 2.49. The van der Waals surface area contributed by atoms with Gasteiger partial charge < -0.3 is 14.7 Å². The average Bonchev–Trinajstić information content (AvgIpc) is 3.15. The Kier molecular flexibility index (Phi) is 4.98. The molecule has 1 aromatic rings. The van der Waals surface area contributed by atoms with Gasteiger partial charge in [-0.1, -0.05) is 19.0 Å². The molecule has 2 unspecified atom stereocenters. The molecule has 0 saturated heterocycles. The molecule has 2 rings (SSSR count). The zero-order valence-electron chi connectivity index (χ0n) is 12.9. The fourth-order valence-corrected chi connectivity index (χ4v) is 2.51. The summed E-state index contributed by atoms with van der Waals surface area (Å²) in [6, 6.07) is 1.66. The monoisotopic (exact) mass is 293 g/mol. The Morgan fingerprint density at radius 1 is 1.33 bits per heavy atom. The highest BCUT2D eigenvalue weighted by molar-refractivity contribution is 5.99. The van der Waals surface area contributed by atoms with Gasteiger partial charge in [0, 0.05) is 19.2 Å². The van der Waals surface area contributed by atoms with Crippen molar-refractivity contribution in [2.24, 2.45) is 11.8 Å². The van der Waals surface area contributed by atoms with Gasteiger partial charge in [0.05, 0.1) is 11.8 Å². The summed E-state index contributed by atoms with van der Waals surface area (Å²) in [5, 5.41) is 6.43. The van der Waals surface area contributed by atoms with E-state index in [4.69, 9.17) is 4.52 Å². The maximum atomic E-state index is 12.4. The van der Waals surface area contributed by atoms with E-state index in [1.807, 2.05) is 4.90 Å². The number of carbonyl (C=O) groups excluding carboxylic acids is 2. The fraction of sp³-hybridized carbons (Fsp3) is 0.667. The lowest BCUT2D eigenvalue weighted by Gasteiger charge is -2.21. The number of hydrogen-bond donors (Lipinski definition) is 1. The van der Waals surface area contributed by atoms with Crippen LogP contribution in [0.4, 0.5) is 5.82 Å². The fourth-order valence-electron chi connectivity index (χ4n) is 2.51. The Morgan fingerprint density at radius 3 is 2.52 bits per heavy atom. The normalized spacial score (nSPS) is 20.1. The number of aryl methyl sites for hydroxylation is 1. The topological polar surface area (TPSA) is 75.4 Å². The Bertz CT molecular complexity index is 506. The molecule has 0 spiro atoms. The van der Waals surface area contributed by atoms with E-state index in [-0.39, 0.29) is 23.7 Å². The van der Waals surface area contributed by atoms with Gasteiger partial charge in [0.1, 0.15) is 5.76 Å². The zero-order valence-corrected chi connectivity index (χ0v) is 12.9. The first-order chi connectivity index (χ1) is 10.1. The summed E-state index contributed by atoms with van der Waals surface area (Å²) in [6.45, 7) is 7.40. The van der Waals surface area contributed by atoms with Crippen LogP contribution >= 0.6 is 0 Å². The number of nitrogens with one attached hydrogen (secondary N) is 1. The van der Waals surface area contributed by atoms with Crippen molar-refractivity contribution in [3.8, 4) is 0 Å². The summed E-state index contributed by atoms with van der Waals surface area (Å²) in [5.74, 6) is 0.618. The molecule has 0 aliphatic heterocycles. The van der Waals surface area contributed by atoms with E-state index in [0.29, 0.717) is 18.0 Å². The van der Waals surface area contributed by atoms with Crippen LogP contribution in [0.1, 0.15) is 38.9 Å².